The molecule has 0 radical (unpaired) electrons. The Hall–Kier alpha value is -2.20. The molecule has 1 aliphatic rings. The molecular formula is C20H18ClN5O2S2. The van der Waals surface area contributed by atoms with Gasteiger partial charge in [-0.15, -0.1) is 21.5 Å². The number of halogens is 1. The van der Waals surface area contributed by atoms with Crippen LogP contribution in [0.15, 0.2) is 45.7 Å². The van der Waals surface area contributed by atoms with E-state index >= 15 is 0 Å². The molecule has 1 saturated heterocycles. The minimum atomic E-state index is -0.174. The second kappa shape index (κ2) is 8.50. The number of aromatic amines is 1. The third kappa shape index (κ3) is 4.02. The Morgan fingerprint density at radius 3 is 3.07 bits per heavy atom. The predicted molar refractivity (Wildman–Crippen MR) is 119 cm³/mol. The molecule has 7 nitrogen and oxygen atoms in total. The summed E-state index contributed by atoms with van der Waals surface area (Å²) >= 11 is 9.19. The van der Waals surface area contributed by atoms with Gasteiger partial charge in [0, 0.05) is 11.6 Å². The first-order valence-electron chi connectivity index (χ1n) is 9.57. The van der Waals surface area contributed by atoms with E-state index in [9.17, 15) is 4.79 Å². The van der Waals surface area contributed by atoms with Crippen LogP contribution in [0.2, 0.25) is 5.02 Å². The number of aromatic nitrogens is 5. The summed E-state index contributed by atoms with van der Waals surface area (Å²) in [5.41, 5.74) is 0.411. The molecule has 1 aromatic carbocycles. The topological polar surface area (TPSA) is 85.7 Å². The first-order valence-corrected chi connectivity index (χ1v) is 11.8. The standard InChI is InChI=1S/C20H18ClN5O2S2/c21-12-5-6-14-15(9-12)22-17(23-19(14)27)11-30-20-25-24-18(16-4-2-8-29-16)26(20)10-13-3-1-7-28-13/h2,4-6,8-9,13H,1,3,7,10-11H2,(H,22,23,27). The number of hydrogen-bond donors (Lipinski definition) is 1. The van der Waals surface area contributed by atoms with Gasteiger partial charge in [0.2, 0.25) is 0 Å². The monoisotopic (exact) mass is 459 g/mol. The van der Waals surface area contributed by atoms with E-state index in [1.54, 1.807) is 29.5 Å². The second-order valence-electron chi connectivity index (χ2n) is 6.99. The summed E-state index contributed by atoms with van der Waals surface area (Å²) in [6.45, 7) is 1.51. The Labute approximate surface area is 185 Å². The molecule has 0 bridgehead atoms. The molecule has 4 aromatic rings. The van der Waals surface area contributed by atoms with Gasteiger partial charge >= 0.3 is 0 Å². The lowest BCUT2D eigenvalue weighted by Gasteiger charge is -2.14. The van der Waals surface area contributed by atoms with E-state index in [0.717, 1.165) is 35.3 Å². The zero-order valence-corrected chi connectivity index (χ0v) is 18.3. The van der Waals surface area contributed by atoms with E-state index in [1.807, 2.05) is 17.5 Å². The Bertz CT molecular complexity index is 1230. The van der Waals surface area contributed by atoms with Gasteiger partial charge in [0.1, 0.15) is 5.82 Å². The molecule has 0 spiro atoms. The summed E-state index contributed by atoms with van der Waals surface area (Å²) < 4.78 is 7.95. The lowest BCUT2D eigenvalue weighted by molar-refractivity contribution is 0.0953. The lowest BCUT2D eigenvalue weighted by Crippen LogP contribution is -2.16. The summed E-state index contributed by atoms with van der Waals surface area (Å²) in [6, 6.07) is 9.13. The van der Waals surface area contributed by atoms with Crippen LogP contribution in [0, 0.1) is 0 Å². The molecule has 30 heavy (non-hydrogen) atoms. The molecule has 154 valence electrons. The fourth-order valence-electron chi connectivity index (χ4n) is 3.50. The van der Waals surface area contributed by atoms with Crippen molar-refractivity contribution in [3.05, 3.63) is 56.9 Å². The average Bonchev–Trinajstić information content (AvgIpc) is 3.49. The van der Waals surface area contributed by atoms with Crippen molar-refractivity contribution in [3.63, 3.8) is 0 Å². The lowest BCUT2D eigenvalue weighted by atomic mass is 10.2. The third-order valence-electron chi connectivity index (χ3n) is 4.92. The Morgan fingerprint density at radius 2 is 2.27 bits per heavy atom. The minimum absolute atomic E-state index is 0.166. The zero-order chi connectivity index (χ0) is 20.5. The fourth-order valence-corrected chi connectivity index (χ4v) is 5.20. The van der Waals surface area contributed by atoms with Crippen molar-refractivity contribution in [2.75, 3.05) is 6.61 Å². The maximum atomic E-state index is 12.4. The van der Waals surface area contributed by atoms with Crippen molar-refractivity contribution >= 4 is 45.6 Å². The highest BCUT2D eigenvalue weighted by molar-refractivity contribution is 7.98. The molecule has 0 aliphatic carbocycles. The first-order chi connectivity index (χ1) is 14.7. The maximum absolute atomic E-state index is 12.4. The molecule has 0 amide bonds. The van der Waals surface area contributed by atoms with Crippen molar-refractivity contribution in [1.82, 2.24) is 24.7 Å². The van der Waals surface area contributed by atoms with Gasteiger partial charge in [0.25, 0.3) is 5.56 Å². The quantitative estimate of drug-likeness (QED) is 0.431. The predicted octanol–water partition coefficient (Wildman–Crippen LogP) is 4.37. The molecule has 1 N–H and O–H groups in total. The van der Waals surface area contributed by atoms with Gasteiger partial charge in [0.05, 0.1) is 34.2 Å². The molecule has 5 rings (SSSR count). The normalized spacial score (nSPS) is 16.5. The molecular weight excluding hydrogens is 442 g/mol. The molecule has 3 aromatic heterocycles. The van der Waals surface area contributed by atoms with E-state index in [-0.39, 0.29) is 11.7 Å². The second-order valence-corrected chi connectivity index (χ2v) is 9.32. The van der Waals surface area contributed by atoms with E-state index in [0.29, 0.717) is 34.0 Å². The van der Waals surface area contributed by atoms with Crippen LogP contribution in [0.4, 0.5) is 0 Å². The number of nitrogens with one attached hydrogen (secondary N) is 1. The number of hydrogen-bond acceptors (Lipinski definition) is 7. The van der Waals surface area contributed by atoms with Crippen LogP contribution in [0.25, 0.3) is 21.6 Å². The van der Waals surface area contributed by atoms with Gasteiger partial charge in [-0.05, 0) is 42.5 Å². The number of thioether (sulfide) groups is 1. The molecule has 10 heteroatoms. The van der Waals surface area contributed by atoms with Crippen LogP contribution in [0.1, 0.15) is 18.7 Å². The fraction of sp³-hybridized carbons (Fsp3) is 0.300. The number of rotatable bonds is 6. The van der Waals surface area contributed by atoms with Gasteiger partial charge in [0.15, 0.2) is 11.0 Å². The highest BCUT2D eigenvalue weighted by Gasteiger charge is 2.22. The van der Waals surface area contributed by atoms with Crippen molar-refractivity contribution in [3.8, 4) is 10.7 Å². The van der Waals surface area contributed by atoms with Crippen molar-refractivity contribution in [2.45, 2.75) is 36.4 Å². The summed E-state index contributed by atoms with van der Waals surface area (Å²) in [4.78, 5) is 20.9. The summed E-state index contributed by atoms with van der Waals surface area (Å²) in [5.74, 6) is 1.88. The summed E-state index contributed by atoms with van der Waals surface area (Å²) in [5, 5.41) is 12.7. The maximum Gasteiger partial charge on any atom is 0.258 e. The molecule has 1 unspecified atom stereocenters. The number of fused-ring (bicyclic) bond motifs is 1. The molecule has 1 fully saturated rings. The van der Waals surface area contributed by atoms with E-state index < -0.39 is 0 Å². The molecule has 4 heterocycles. The summed E-state index contributed by atoms with van der Waals surface area (Å²) in [7, 11) is 0. The summed E-state index contributed by atoms with van der Waals surface area (Å²) in [6.07, 6.45) is 2.28. The SMILES string of the molecule is O=c1[nH]c(CSc2nnc(-c3cccs3)n2CC2CCCO2)nc2cc(Cl)ccc12. The Morgan fingerprint density at radius 1 is 1.33 bits per heavy atom. The third-order valence-corrected chi connectivity index (χ3v) is 7.00. The number of H-pyrrole nitrogens is 1. The van der Waals surface area contributed by atoms with Crippen LogP contribution in [-0.4, -0.2) is 37.4 Å². The van der Waals surface area contributed by atoms with Gasteiger partial charge in [-0.25, -0.2) is 4.98 Å². The van der Waals surface area contributed by atoms with Crippen LogP contribution in [-0.2, 0) is 17.0 Å². The molecule has 0 saturated carbocycles. The van der Waals surface area contributed by atoms with E-state index in [2.05, 4.69) is 24.7 Å². The van der Waals surface area contributed by atoms with Crippen LogP contribution < -0.4 is 5.56 Å². The van der Waals surface area contributed by atoms with E-state index in [4.69, 9.17) is 16.3 Å². The van der Waals surface area contributed by atoms with Crippen LogP contribution >= 0.6 is 34.7 Å². The number of ether oxygens (including phenoxy) is 1. The smallest absolute Gasteiger partial charge is 0.258 e. The zero-order valence-electron chi connectivity index (χ0n) is 15.9. The highest BCUT2D eigenvalue weighted by atomic mass is 35.5. The van der Waals surface area contributed by atoms with Gasteiger partial charge in [-0.1, -0.05) is 29.4 Å². The number of benzene rings is 1. The van der Waals surface area contributed by atoms with Crippen LogP contribution in [0.3, 0.4) is 0 Å². The number of thiophene rings is 1. The van der Waals surface area contributed by atoms with Gasteiger partial charge < -0.3 is 9.72 Å². The van der Waals surface area contributed by atoms with Gasteiger partial charge in [-0.3, -0.25) is 9.36 Å². The van der Waals surface area contributed by atoms with Gasteiger partial charge in [-0.2, -0.15) is 0 Å². The first kappa shape index (κ1) is 19.7. The van der Waals surface area contributed by atoms with Crippen LogP contribution in [0.5, 0.6) is 0 Å². The number of nitrogens with zero attached hydrogens (tertiary/aromatic N) is 4. The minimum Gasteiger partial charge on any atom is -0.376 e. The van der Waals surface area contributed by atoms with Crippen molar-refractivity contribution in [2.24, 2.45) is 0 Å². The molecule has 1 aliphatic heterocycles. The van der Waals surface area contributed by atoms with Crippen molar-refractivity contribution < 1.29 is 4.74 Å². The Kier molecular flexibility index (Phi) is 5.60. The molecule has 1 atom stereocenters. The van der Waals surface area contributed by atoms with E-state index in [1.165, 1.54) is 11.8 Å². The highest BCUT2D eigenvalue weighted by Crippen LogP contribution is 2.30. The Balaban J connectivity index is 1.43. The van der Waals surface area contributed by atoms with Crippen molar-refractivity contribution in [1.29, 1.82) is 0 Å². The average molecular weight is 460 g/mol. The largest absolute Gasteiger partial charge is 0.376 e.